The SMILES string of the molecule is C=C(C)c1cc(CCC)cc2c1n(C)c(=O)n2C1CCC(=O)NC1=O. The van der Waals surface area contributed by atoms with Crippen LogP contribution in [0.3, 0.4) is 0 Å². The zero-order valence-corrected chi connectivity index (χ0v) is 14.9. The van der Waals surface area contributed by atoms with Crippen molar-refractivity contribution in [3.05, 3.63) is 40.3 Å². The predicted molar refractivity (Wildman–Crippen MR) is 97.3 cm³/mol. The third-order valence-electron chi connectivity index (χ3n) is 4.76. The lowest BCUT2D eigenvalue weighted by atomic mass is 10.00. The second-order valence-corrected chi connectivity index (χ2v) is 6.72. The molecule has 1 aliphatic rings. The molecule has 1 atom stereocenters. The van der Waals surface area contributed by atoms with Crippen molar-refractivity contribution in [2.24, 2.45) is 7.05 Å². The Kier molecular flexibility index (Phi) is 4.37. The molecule has 1 aliphatic heterocycles. The molecule has 25 heavy (non-hydrogen) atoms. The van der Waals surface area contributed by atoms with Gasteiger partial charge in [-0.3, -0.25) is 24.0 Å². The van der Waals surface area contributed by atoms with E-state index in [1.54, 1.807) is 11.6 Å². The van der Waals surface area contributed by atoms with Gasteiger partial charge in [0.25, 0.3) is 0 Å². The van der Waals surface area contributed by atoms with Crippen LogP contribution in [0.5, 0.6) is 0 Å². The highest BCUT2D eigenvalue weighted by atomic mass is 16.2. The first-order valence-corrected chi connectivity index (χ1v) is 8.58. The highest BCUT2D eigenvalue weighted by Gasteiger charge is 2.31. The number of benzene rings is 1. The van der Waals surface area contributed by atoms with Crippen molar-refractivity contribution in [2.45, 2.75) is 45.6 Å². The largest absolute Gasteiger partial charge is 0.329 e. The predicted octanol–water partition coefficient (Wildman–Crippen LogP) is 2.30. The highest BCUT2D eigenvalue weighted by Crippen LogP contribution is 2.29. The summed E-state index contributed by atoms with van der Waals surface area (Å²) in [6.07, 6.45) is 2.44. The molecule has 0 aliphatic carbocycles. The molecule has 0 saturated carbocycles. The molecule has 2 aromatic rings. The van der Waals surface area contributed by atoms with Gasteiger partial charge in [-0.1, -0.05) is 19.9 Å². The van der Waals surface area contributed by atoms with Crippen LogP contribution in [0.4, 0.5) is 0 Å². The Hall–Kier alpha value is -2.63. The number of aromatic nitrogens is 2. The Morgan fingerprint density at radius 1 is 1.32 bits per heavy atom. The molecule has 1 aromatic carbocycles. The number of carbonyl (C=O) groups excluding carboxylic acids is 2. The maximum atomic E-state index is 12.9. The zero-order chi connectivity index (χ0) is 18.3. The van der Waals surface area contributed by atoms with Crippen LogP contribution in [0, 0.1) is 0 Å². The number of fused-ring (bicyclic) bond motifs is 1. The lowest BCUT2D eigenvalue weighted by Crippen LogP contribution is -2.44. The van der Waals surface area contributed by atoms with E-state index in [2.05, 4.69) is 24.9 Å². The molecular weight excluding hydrogens is 318 g/mol. The first-order valence-electron chi connectivity index (χ1n) is 8.58. The Balaban J connectivity index is 2.30. The van der Waals surface area contributed by atoms with Crippen LogP contribution < -0.4 is 11.0 Å². The van der Waals surface area contributed by atoms with Crippen LogP contribution in [-0.2, 0) is 23.1 Å². The van der Waals surface area contributed by atoms with Gasteiger partial charge < -0.3 is 0 Å². The topological polar surface area (TPSA) is 73.1 Å². The van der Waals surface area contributed by atoms with E-state index < -0.39 is 11.9 Å². The zero-order valence-electron chi connectivity index (χ0n) is 14.9. The molecule has 6 heteroatoms. The number of allylic oxidation sites excluding steroid dienone is 1. The summed E-state index contributed by atoms with van der Waals surface area (Å²) in [4.78, 5) is 36.7. The molecule has 2 heterocycles. The van der Waals surface area contributed by atoms with Crippen LogP contribution in [0.1, 0.15) is 50.3 Å². The molecule has 1 fully saturated rings. The summed E-state index contributed by atoms with van der Waals surface area (Å²) in [5.74, 6) is -0.701. The molecule has 1 unspecified atom stereocenters. The molecular formula is C19H23N3O3. The van der Waals surface area contributed by atoms with Gasteiger partial charge in [-0.25, -0.2) is 4.79 Å². The Morgan fingerprint density at radius 2 is 2.04 bits per heavy atom. The molecule has 1 saturated heterocycles. The monoisotopic (exact) mass is 341 g/mol. The number of imidazole rings is 1. The van der Waals surface area contributed by atoms with Crippen molar-refractivity contribution in [2.75, 3.05) is 0 Å². The number of rotatable bonds is 4. The molecule has 2 amide bonds. The van der Waals surface area contributed by atoms with Crippen LogP contribution in [0.2, 0.25) is 0 Å². The molecule has 3 rings (SSSR count). The number of imide groups is 1. The quantitative estimate of drug-likeness (QED) is 0.867. The van der Waals surface area contributed by atoms with Gasteiger partial charge in [-0.2, -0.15) is 0 Å². The maximum Gasteiger partial charge on any atom is 0.329 e. The van der Waals surface area contributed by atoms with Crippen LogP contribution >= 0.6 is 0 Å². The summed E-state index contributed by atoms with van der Waals surface area (Å²) in [5, 5.41) is 2.34. The second kappa shape index (κ2) is 6.35. The number of hydrogen-bond acceptors (Lipinski definition) is 3. The van der Waals surface area contributed by atoms with Gasteiger partial charge >= 0.3 is 5.69 Å². The molecule has 1 aromatic heterocycles. The van der Waals surface area contributed by atoms with Gasteiger partial charge in [0.1, 0.15) is 6.04 Å². The van der Waals surface area contributed by atoms with Crippen LogP contribution in [0.15, 0.2) is 23.5 Å². The fraction of sp³-hybridized carbons (Fsp3) is 0.421. The van der Waals surface area contributed by atoms with Crippen molar-refractivity contribution >= 4 is 28.4 Å². The minimum absolute atomic E-state index is 0.237. The van der Waals surface area contributed by atoms with E-state index in [-0.39, 0.29) is 18.0 Å². The van der Waals surface area contributed by atoms with Gasteiger partial charge in [-0.05, 0) is 43.0 Å². The summed E-state index contributed by atoms with van der Waals surface area (Å²) >= 11 is 0. The van der Waals surface area contributed by atoms with E-state index in [0.29, 0.717) is 6.42 Å². The molecule has 1 N–H and O–H groups in total. The standard InChI is InChI=1S/C19H23N3O3/c1-5-6-12-9-13(11(2)3)17-15(10-12)22(19(25)21(17)4)14-7-8-16(23)20-18(14)24/h9-10,14H,2,5-8H2,1,3-4H3,(H,20,23,24). The van der Waals surface area contributed by atoms with Gasteiger partial charge in [-0.15, -0.1) is 0 Å². The number of piperidine rings is 1. The Labute approximate surface area is 146 Å². The smallest absolute Gasteiger partial charge is 0.295 e. The summed E-state index contributed by atoms with van der Waals surface area (Å²) < 4.78 is 3.10. The molecule has 132 valence electrons. The van der Waals surface area contributed by atoms with Gasteiger partial charge in [0.2, 0.25) is 11.8 Å². The van der Waals surface area contributed by atoms with E-state index in [1.807, 2.05) is 13.0 Å². The van der Waals surface area contributed by atoms with E-state index >= 15 is 0 Å². The number of carbonyl (C=O) groups is 2. The van der Waals surface area contributed by atoms with E-state index in [9.17, 15) is 14.4 Å². The lowest BCUT2D eigenvalue weighted by Gasteiger charge is -2.22. The average Bonchev–Trinajstić information content (AvgIpc) is 2.79. The van der Waals surface area contributed by atoms with Gasteiger partial charge in [0.15, 0.2) is 0 Å². The summed E-state index contributed by atoms with van der Waals surface area (Å²) in [5.41, 5.74) is 4.17. The van der Waals surface area contributed by atoms with Gasteiger partial charge in [0, 0.05) is 19.0 Å². The van der Waals surface area contributed by atoms with E-state index in [0.717, 1.165) is 40.6 Å². The van der Waals surface area contributed by atoms with Crippen molar-refractivity contribution in [3.8, 4) is 0 Å². The minimum atomic E-state index is -0.663. The highest BCUT2D eigenvalue weighted by molar-refractivity contribution is 6.00. The first kappa shape index (κ1) is 17.2. The van der Waals surface area contributed by atoms with Crippen molar-refractivity contribution in [1.82, 2.24) is 14.5 Å². The maximum absolute atomic E-state index is 12.9. The number of nitrogens with zero attached hydrogens (tertiary/aromatic N) is 2. The molecule has 0 radical (unpaired) electrons. The summed E-state index contributed by atoms with van der Waals surface area (Å²) in [6.45, 7) is 8.06. The van der Waals surface area contributed by atoms with Crippen molar-refractivity contribution in [1.29, 1.82) is 0 Å². The fourth-order valence-corrected chi connectivity index (χ4v) is 3.56. The fourth-order valence-electron chi connectivity index (χ4n) is 3.56. The van der Waals surface area contributed by atoms with Crippen molar-refractivity contribution in [3.63, 3.8) is 0 Å². The lowest BCUT2D eigenvalue weighted by molar-refractivity contribution is -0.135. The Morgan fingerprint density at radius 3 is 2.64 bits per heavy atom. The van der Waals surface area contributed by atoms with Crippen LogP contribution in [0.25, 0.3) is 16.6 Å². The van der Waals surface area contributed by atoms with Crippen LogP contribution in [-0.4, -0.2) is 20.9 Å². The average molecular weight is 341 g/mol. The van der Waals surface area contributed by atoms with E-state index in [1.165, 1.54) is 4.57 Å². The van der Waals surface area contributed by atoms with Gasteiger partial charge in [0.05, 0.1) is 11.0 Å². The Bertz CT molecular complexity index is 949. The summed E-state index contributed by atoms with van der Waals surface area (Å²) in [6, 6.07) is 3.39. The normalized spacial score (nSPS) is 17.8. The number of hydrogen-bond donors (Lipinski definition) is 1. The second-order valence-electron chi connectivity index (χ2n) is 6.72. The number of nitrogens with one attached hydrogen (secondary N) is 1. The van der Waals surface area contributed by atoms with E-state index in [4.69, 9.17) is 0 Å². The third kappa shape index (κ3) is 2.81. The molecule has 0 bridgehead atoms. The third-order valence-corrected chi connectivity index (χ3v) is 4.76. The minimum Gasteiger partial charge on any atom is -0.295 e. The number of aryl methyl sites for hydroxylation is 2. The first-order chi connectivity index (χ1) is 11.8. The van der Waals surface area contributed by atoms with Crippen molar-refractivity contribution < 1.29 is 9.59 Å². The molecule has 6 nitrogen and oxygen atoms in total. The summed E-state index contributed by atoms with van der Waals surface area (Å²) in [7, 11) is 1.71. The molecule has 0 spiro atoms. The number of amides is 2.